The molecule has 0 aliphatic carbocycles. The van der Waals surface area contributed by atoms with Gasteiger partial charge in [0.25, 0.3) is 0 Å². The van der Waals surface area contributed by atoms with Crippen molar-refractivity contribution in [1.82, 2.24) is 4.90 Å². The lowest BCUT2D eigenvalue weighted by molar-refractivity contribution is -0.159. The number of carbonyl (C=O) groups excluding carboxylic acids is 1. The molecule has 3 atom stereocenters. The highest BCUT2D eigenvalue weighted by atomic mass is 19.1. The summed E-state index contributed by atoms with van der Waals surface area (Å²) in [5.74, 6) is -0.211. The highest BCUT2D eigenvalue weighted by Gasteiger charge is 2.40. The topological polar surface area (TPSA) is 38.8 Å². The Balaban J connectivity index is 1.52. The summed E-state index contributed by atoms with van der Waals surface area (Å²) in [6.07, 6.45) is 3.49. The van der Waals surface area contributed by atoms with Crippen molar-refractivity contribution in [3.05, 3.63) is 30.1 Å². The van der Waals surface area contributed by atoms with Crippen LogP contribution in [0.2, 0.25) is 0 Å². The van der Waals surface area contributed by atoms with E-state index in [0.717, 1.165) is 12.8 Å². The number of fused-ring (bicyclic) bond motifs is 2. The van der Waals surface area contributed by atoms with E-state index in [4.69, 9.17) is 9.47 Å². The van der Waals surface area contributed by atoms with Gasteiger partial charge in [0.05, 0.1) is 0 Å². The van der Waals surface area contributed by atoms with E-state index in [-0.39, 0.29) is 17.9 Å². The van der Waals surface area contributed by atoms with Crippen LogP contribution in [0.1, 0.15) is 32.6 Å². The molecular formula is C17H22FNO3. The van der Waals surface area contributed by atoms with Crippen LogP contribution in [0.3, 0.4) is 0 Å². The molecule has 2 unspecified atom stereocenters. The van der Waals surface area contributed by atoms with Crippen molar-refractivity contribution in [3.63, 3.8) is 0 Å². The molecule has 2 aliphatic heterocycles. The molecule has 2 heterocycles. The van der Waals surface area contributed by atoms with E-state index >= 15 is 0 Å². The fraction of sp³-hybridized carbons (Fsp3) is 0.588. The zero-order valence-corrected chi connectivity index (χ0v) is 13.0. The summed E-state index contributed by atoms with van der Waals surface area (Å²) in [7, 11) is 2.15. The van der Waals surface area contributed by atoms with Gasteiger partial charge in [-0.05, 0) is 63.9 Å². The number of rotatable bonds is 4. The smallest absolute Gasteiger partial charge is 0.347 e. The first-order chi connectivity index (χ1) is 10.5. The molecule has 0 radical (unpaired) electrons. The van der Waals surface area contributed by atoms with Crippen LogP contribution in [0.15, 0.2) is 24.3 Å². The molecule has 2 fully saturated rings. The fourth-order valence-electron chi connectivity index (χ4n) is 3.48. The fourth-order valence-corrected chi connectivity index (χ4v) is 3.48. The third-order valence-electron chi connectivity index (χ3n) is 4.80. The predicted molar refractivity (Wildman–Crippen MR) is 80.2 cm³/mol. The number of ether oxygens (including phenoxy) is 2. The summed E-state index contributed by atoms with van der Waals surface area (Å²) in [6.45, 7) is 1.66. The number of piperidine rings is 1. The average molecular weight is 307 g/mol. The summed E-state index contributed by atoms with van der Waals surface area (Å²) in [5, 5.41) is 0. The zero-order valence-electron chi connectivity index (χ0n) is 13.0. The van der Waals surface area contributed by atoms with E-state index in [1.54, 1.807) is 6.92 Å². The molecule has 2 saturated heterocycles. The highest BCUT2D eigenvalue weighted by Crippen LogP contribution is 2.35. The van der Waals surface area contributed by atoms with E-state index in [2.05, 4.69) is 11.9 Å². The molecule has 1 aromatic rings. The van der Waals surface area contributed by atoms with Gasteiger partial charge in [-0.2, -0.15) is 0 Å². The molecule has 5 heteroatoms. The summed E-state index contributed by atoms with van der Waals surface area (Å²) >= 11 is 0. The van der Waals surface area contributed by atoms with Gasteiger partial charge in [0.1, 0.15) is 17.7 Å². The molecule has 0 aromatic heterocycles. The lowest BCUT2D eigenvalue weighted by atomic mass is 10.0. The molecule has 2 aliphatic rings. The maximum Gasteiger partial charge on any atom is 0.347 e. The number of esters is 1. The third-order valence-corrected chi connectivity index (χ3v) is 4.80. The monoisotopic (exact) mass is 307 g/mol. The first-order valence-corrected chi connectivity index (χ1v) is 7.87. The normalized spacial score (nSPS) is 29.1. The van der Waals surface area contributed by atoms with E-state index in [1.807, 2.05) is 0 Å². The summed E-state index contributed by atoms with van der Waals surface area (Å²) in [4.78, 5) is 14.6. The van der Waals surface area contributed by atoms with Crippen LogP contribution in [0.5, 0.6) is 5.75 Å². The Labute approximate surface area is 130 Å². The Bertz CT molecular complexity index is 519. The first-order valence-electron chi connectivity index (χ1n) is 7.87. The average Bonchev–Trinajstić information content (AvgIpc) is 2.72. The SMILES string of the molecule is C[C@@H](Oc1ccc(F)cc1)C(=O)OC1CC2CCC(C1)N2C. The molecule has 120 valence electrons. The lowest BCUT2D eigenvalue weighted by Gasteiger charge is -2.36. The molecular weight excluding hydrogens is 285 g/mol. The maximum absolute atomic E-state index is 12.9. The van der Waals surface area contributed by atoms with Crippen molar-refractivity contribution >= 4 is 5.97 Å². The van der Waals surface area contributed by atoms with Gasteiger partial charge in [-0.1, -0.05) is 0 Å². The Morgan fingerprint density at radius 1 is 1.23 bits per heavy atom. The number of halogens is 1. The van der Waals surface area contributed by atoms with Crippen molar-refractivity contribution in [2.24, 2.45) is 0 Å². The first kappa shape index (κ1) is 15.3. The van der Waals surface area contributed by atoms with Gasteiger partial charge in [0.2, 0.25) is 0 Å². The second-order valence-electron chi connectivity index (χ2n) is 6.29. The van der Waals surface area contributed by atoms with Crippen molar-refractivity contribution < 1.29 is 18.7 Å². The predicted octanol–water partition coefficient (Wildman–Crippen LogP) is 2.76. The minimum Gasteiger partial charge on any atom is -0.479 e. The van der Waals surface area contributed by atoms with E-state index < -0.39 is 6.10 Å². The van der Waals surface area contributed by atoms with Crippen LogP contribution < -0.4 is 4.74 Å². The van der Waals surface area contributed by atoms with E-state index in [0.29, 0.717) is 17.8 Å². The van der Waals surface area contributed by atoms with Gasteiger partial charge >= 0.3 is 5.97 Å². The minimum absolute atomic E-state index is 0.0135. The standard InChI is InChI=1S/C17H22FNO3/c1-11(21-15-7-3-12(18)4-8-15)17(20)22-16-9-13-5-6-14(10-16)19(13)2/h3-4,7-8,11,13-14,16H,5-6,9-10H2,1-2H3/t11-,13?,14?,16?/m1/s1. The van der Waals surface area contributed by atoms with Crippen LogP contribution in [0.4, 0.5) is 4.39 Å². The van der Waals surface area contributed by atoms with Crippen LogP contribution in [-0.2, 0) is 9.53 Å². The molecule has 0 saturated carbocycles. The van der Waals surface area contributed by atoms with Crippen LogP contribution >= 0.6 is 0 Å². The Morgan fingerprint density at radius 3 is 2.41 bits per heavy atom. The van der Waals surface area contributed by atoms with Crippen molar-refractivity contribution in [2.75, 3.05) is 7.05 Å². The van der Waals surface area contributed by atoms with Gasteiger partial charge in [-0.25, -0.2) is 9.18 Å². The number of hydrogen-bond donors (Lipinski definition) is 0. The van der Waals surface area contributed by atoms with Crippen molar-refractivity contribution in [1.29, 1.82) is 0 Å². The van der Waals surface area contributed by atoms with Gasteiger partial charge in [0.15, 0.2) is 6.10 Å². The maximum atomic E-state index is 12.9. The molecule has 0 amide bonds. The van der Waals surface area contributed by atoms with Gasteiger partial charge < -0.3 is 14.4 Å². The molecule has 1 aromatic carbocycles. The van der Waals surface area contributed by atoms with Crippen molar-refractivity contribution in [2.45, 2.75) is 56.9 Å². The molecule has 2 bridgehead atoms. The largest absolute Gasteiger partial charge is 0.479 e. The Kier molecular flexibility index (Phi) is 4.34. The van der Waals surface area contributed by atoms with Crippen LogP contribution in [0, 0.1) is 5.82 Å². The molecule has 4 nitrogen and oxygen atoms in total. The van der Waals surface area contributed by atoms with Gasteiger partial charge in [-0.3, -0.25) is 0 Å². The number of nitrogens with zero attached hydrogens (tertiary/aromatic N) is 1. The molecule has 0 N–H and O–H groups in total. The number of hydrogen-bond acceptors (Lipinski definition) is 4. The minimum atomic E-state index is -0.692. The third kappa shape index (κ3) is 3.24. The lowest BCUT2D eigenvalue weighted by Crippen LogP contribution is -2.44. The highest BCUT2D eigenvalue weighted by molar-refractivity contribution is 5.74. The Hall–Kier alpha value is -1.62. The Morgan fingerprint density at radius 2 is 1.82 bits per heavy atom. The second kappa shape index (κ2) is 6.24. The summed E-state index contributed by atoms with van der Waals surface area (Å²) in [6, 6.07) is 6.70. The van der Waals surface area contributed by atoms with Gasteiger partial charge in [-0.15, -0.1) is 0 Å². The van der Waals surface area contributed by atoms with Gasteiger partial charge in [0, 0.05) is 12.1 Å². The number of carbonyl (C=O) groups is 1. The van der Waals surface area contributed by atoms with Crippen molar-refractivity contribution in [3.8, 4) is 5.75 Å². The molecule has 22 heavy (non-hydrogen) atoms. The molecule has 3 rings (SSSR count). The molecule has 0 spiro atoms. The summed E-state index contributed by atoms with van der Waals surface area (Å²) in [5.41, 5.74) is 0. The van der Waals surface area contributed by atoms with E-state index in [1.165, 1.54) is 37.1 Å². The second-order valence-corrected chi connectivity index (χ2v) is 6.29. The number of benzene rings is 1. The van der Waals surface area contributed by atoms with Crippen LogP contribution in [-0.4, -0.2) is 42.2 Å². The van der Waals surface area contributed by atoms with E-state index in [9.17, 15) is 9.18 Å². The quantitative estimate of drug-likeness (QED) is 0.802. The van der Waals surface area contributed by atoms with Crippen LogP contribution in [0.25, 0.3) is 0 Å². The zero-order chi connectivity index (χ0) is 15.7. The summed E-state index contributed by atoms with van der Waals surface area (Å²) < 4.78 is 24.0.